The van der Waals surface area contributed by atoms with Crippen molar-refractivity contribution in [2.75, 3.05) is 0 Å². The predicted octanol–water partition coefficient (Wildman–Crippen LogP) is 1.21. The molecule has 1 aliphatic carbocycles. The van der Waals surface area contributed by atoms with E-state index in [0.717, 1.165) is 5.82 Å². The van der Waals surface area contributed by atoms with Crippen LogP contribution in [0.15, 0.2) is 0 Å². The number of nitrogens with one attached hydrogen (secondary N) is 1. The van der Waals surface area contributed by atoms with Gasteiger partial charge >= 0.3 is 0 Å². The van der Waals surface area contributed by atoms with Gasteiger partial charge in [0, 0.05) is 5.69 Å². The van der Waals surface area contributed by atoms with Gasteiger partial charge in [-0.25, -0.2) is 4.98 Å². The molecule has 0 bridgehead atoms. The van der Waals surface area contributed by atoms with Crippen LogP contribution in [0.4, 0.5) is 0 Å². The lowest BCUT2D eigenvalue weighted by Crippen LogP contribution is -1.79. The molecule has 0 radical (unpaired) electrons. The summed E-state index contributed by atoms with van der Waals surface area (Å²) in [5.74, 6) is 1.07. The van der Waals surface area contributed by atoms with Crippen molar-refractivity contribution in [2.24, 2.45) is 0 Å². The lowest BCUT2D eigenvalue weighted by Gasteiger charge is -1.82. The van der Waals surface area contributed by atoms with Crippen LogP contribution >= 0.6 is 0 Å². The maximum Gasteiger partial charge on any atom is 0.103 e. The molecule has 1 aromatic rings. The molecule has 0 aromatic carbocycles. The van der Waals surface area contributed by atoms with Crippen LogP contribution in [0.25, 0.3) is 0 Å². The third kappa shape index (κ3) is 0.661. The molecule has 1 heterocycles. The summed E-state index contributed by atoms with van der Waals surface area (Å²) in [6, 6.07) is 0. The van der Waals surface area contributed by atoms with Crippen LogP contribution in [0.1, 0.15) is 23.6 Å². The monoisotopic (exact) mass is 122 g/mol. The summed E-state index contributed by atoms with van der Waals surface area (Å²) in [6.07, 6.45) is 3.67. The molecule has 0 atom stereocenters. The standard InChI is InChI=1S/C7H10N2/c1-5-8-6-3-2-4-7(6)9-5/h2-4H2,1H3,(H,8,9). The number of nitrogens with zero attached hydrogens (tertiary/aromatic N) is 1. The van der Waals surface area contributed by atoms with E-state index >= 15 is 0 Å². The predicted molar refractivity (Wildman–Crippen MR) is 35.3 cm³/mol. The van der Waals surface area contributed by atoms with E-state index in [9.17, 15) is 0 Å². The Hall–Kier alpha value is -0.790. The summed E-state index contributed by atoms with van der Waals surface area (Å²) in [5, 5.41) is 0. The fraction of sp³-hybridized carbons (Fsp3) is 0.571. The molecule has 2 nitrogen and oxygen atoms in total. The van der Waals surface area contributed by atoms with Crippen molar-refractivity contribution in [2.45, 2.75) is 26.2 Å². The van der Waals surface area contributed by atoms with E-state index in [1.807, 2.05) is 6.92 Å². The van der Waals surface area contributed by atoms with E-state index < -0.39 is 0 Å². The smallest absolute Gasteiger partial charge is 0.103 e. The molecule has 9 heavy (non-hydrogen) atoms. The van der Waals surface area contributed by atoms with Crippen molar-refractivity contribution < 1.29 is 0 Å². The number of H-pyrrole nitrogens is 1. The molecule has 1 aromatic heterocycles. The number of aromatic amines is 1. The zero-order valence-corrected chi connectivity index (χ0v) is 5.57. The average molecular weight is 122 g/mol. The lowest BCUT2D eigenvalue weighted by molar-refractivity contribution is 0.865. The Morgan fingerprint density at radius 1 is 1.44 bits per heavy atom. The SMILES string of the molecule is Cc1nc2c([nH]1)CCC2. The maximum absolute atomic E-state index is 4.34. The summed E-state index contributed by atoms with van der Waals surface area (Å²) in [7, 11) is 0. The Morgan fingerprint density at radius 2 is 2.33 bits per heavy atom. The van der Waals surface area contributed by atoms with Crippen LogP contribution in [0, 0.1) is 6.92 Å². The van der Waals surface area contributed by atoms with Gasteiger partial charge in [-0.2, -0.15) is 0 Å². The quantitative estimate of drug-likeness (QED) is 0.550. The molecule has 48 valence electrons. The van der Waals surface area contributed by atoms with Gasteiger partial charge in [0.15, 0.2) is 0 Å². The van der Waals surface area contributed by atoms with E-state index in [1.54, 1.807) is 0 Å². The summed E-state index contributed by atoms with van der Waals surface area (Å²) in [4.78, 5) is 7.58. The number of hydrogen-bond acceptors (Lipinski definition) is 1. The second-order valence-corrected chi connectivity index (χ2v) is 2.60. The number of rotatable bonds is 0. The molecule has 2 rings (SSSR count). The van der Waals surface area contributed by atoms with Crippen molar-refractivity contribution in [1.29, 1.82) is 0 Å². The van der Waals surface area contributed by atoms with Gasteiger partial charge < -0.3 is 4.98 Å². The second-order valence-electron chi connectivity index (χ2n) is 2.60. The molecule has 0 amide bonds. The van der Waals surface area contributed by atoms with Crippen LogP contribution in [-0.2, 0) is 12.8 Å². The minimum absolute atomic E-state index is 1.07. The van der Waals surface area contributed by atoms with Gasteiger partial charge in [0.2, 0.25) is 0 Å². The summed E-state index contributed by atoms with van der Waals surface area (Å²) < 4.78 is 0. The van der Waals surface area contributed by atoms with Crippen molar-refractivity contribution in [3.8, 4) is 0 Å². The summed E-state index contributed by atoms with van der Waals surface area (Å²) in [6.45, 7) is 2.01. The molecule has 0 fully saturated rings. The minimum atomic E-state index is 1.07. The molecule has 0 saturated heterocycles. The van der Waals surface area contributed by atoms with Gasteiger partial charge in [0.1, 0.15) is 5.82 Å². The summed E-state index contributed by atoms with van der Waals surface area (Å²) in [5.41, 5.74) is 2.67. The molecule has 0 aliphatic heterocycles. The van der Waals surface area contributed by atoms with Crippen molar-refractivity contribution in [1.82, 2.24) is 9.97 Å². The first-order valence-electron chi connectivity index (χ1n) is 3.40. The van der Waals surface area contributed by atoms with Crippen LogP contribution < -0.4 is 0 Å². The third-order valence-corrected chi connectivity index (χ3v) is 1.82. The van der Waals surface area contributed by atoms with E-state index in [2.05, 4.69) is 9.97 Å². The summed E-state index contributed by atoms with van der Waals surface area (Å²) >= 11 is 0. The van der Waals surface area contributed by atoms with Gasteiger partial charge in [-0.15, -0.1) is 0 Å². The molecular formula is C7H10N2. The first-order valence-corrected chi connectivity index (χ1v) is 3.40. The van der Waals surface area contributed by atoms with Gasteiger partial charge in [-0.05, 0) is 26.2 Å². The van der Waals surface area contributed by atoms with Crippen molar-refractivity contribution in [3.63, 3.8) is 0 Å². The van der Waals surface area contributed by atoms with Crippen LogP contribution in [0.5, 0.6) is 0 Å². The first kappa shape index (κ1) is 5.03. The highest BCUT2D eigenvalue weighted by molar-refractivity contribution is 5.18. The molecule has 0 unspecified atom stereocenters. The number of aryl methyl sites for hydroxylation is 3. The molecule has 0 saturated carbocycles. The fourth-order valence-corrected chi connectivity index (χ4v) is 1.43. The molecular weight excluding hydrogens is 112 g/mol. The van der Waals surface area contributed by atoms with E-state index in [1.165, 1.54) is 30.7 Å². The number of imidazole rings is 1. The Labute approximate surface area is 54.3 Å². The van der Waals surface area contributed by atoms with Gasteiger partial charge in [-0.3, -0.25) is 0 Å². The largest absolute Gasteiger partial charge is 0.346 e. The van der Waals surface area contributed by atoms with E-state index in [-0.39, 0.29) is 0 Å². The van der Waals surface area contributed by atoms with Gasteiger partial charge in [0.25, 0.3) is 0 Å². The fourth-order valence-electron chi connectivity index (χ4n) is 1.43. The zero-order chi connectivity index (χ0) is 6.27. The molecule has 0 spiro atoms. The Balaban J connectivity index is 2.51. The van der Waals surface area contributed by atoms with Gasteiger partial charge in [-0.1, -0.05) is 0 Å². The lowest BCUT2D eigenvalue weighted by atomic mass is 10.4. The third-order valence-electron chi connectivity index (χ3n) is 1.82. The van der Waals surface area contributed by atoms with Gasteiger partial charge in [0.05, 0.1) is 5.69 Å². The zero-order valence-electron chi connectivity index (χ0n) is 5.57. The van der Waals surface area contributed by atoms with Crippen LogP contribution in [0.2, 0.25) is 0 Å². The van der Waals surface area contributed by atoms with E-state index in [0.29, 0.717) is 0 Å². The number of fused-ring (bicyclic) bond motifs is 1. The Morgan fingerprint density at radius 3 is 3.11 bits per heavy atom. The van der Waals surface area contributed by atoms with Crippen LogP contribution in [0.3, 0.4) is 0 Å². The Kier molecular flexibility index (Phi) is 0.891. The van der Waals surface area contributed by atoms with Crippen LogP contribution in [-0.4, -0.2) is 9.97 Å². The van der Waals surface area contributed by atoms with E-state index in [4.69, 9.17) is 0 Å². The number of aromatic nitrogens is 2. The molecule has 1 aliphatic rings. The highest BCUT2D eigenvalue weighted by atomic mass is 14.9. The average Bonchev–Trinajstić information content (AvgIpc) is 2.22. The highest BCUT2D eigenvalue weighted by Crippen LogP contribution is 2.17. The molecule has 1 N–H and O–H groups in total. The van der Waals surface area contributed by atoms with Crippen molar-refractivity contribution >= 4 is 0 Å². The normalized spacial score (nSPS) is 16.1. The first-order chi connectivity index (χ1) is 4.36. The highest BCUT2D eigenvalue weighted by Gasteiger charge is 2.13. The Bertz CT molecular complexity index is 203. The number of hydrogen-bond donors (Lipinski definition) is 1. The maximum atomic E-state index is 4.34. The molecule has 2 heteroatoms. The second kappa shape index (κ2) is 1.59. The minimum Gasteiger partial charge on any atom is -0.346 e. The van der Waals surface area contributed by atoms with Crippen molar-refractivity contribution in [3.05, 3.63) is 17.2 Å². The topological polar surface area (TPSA) is 28.7 Å².